The summed E-state index contributed by atoms with van der Waals surface area (Å²) in [6, 6.07) is 12.6. The highest BCUT2D eigenvalue weighted by atomic mass is 16.5. The van der Waals surface area contributed by atoms with Gasteiger partial charge in [-0.1, -0.05) is 38.1 Å². The van der Waals surface area contributed by atoms with Crippen molar-refractivity contribution in [3.8, 4) is 0 Å². The Morgan fingerprint density at radius 1 is 1.12 bits per heavy atom. The molecule has 2 heterocycles. The molecule has 1 aliphatic carbocycles. The van der Waals surface area contributed by atoms with Gasteiger partial charge in [-0.3, -0.25) is 9.69 Å². The summed E-state index contributed by atoms with van der Waals surface area (Å²) in [6.45, 7) is 7.84. The first-order chi connectivity index (χ1) is 15.6. The number of ether oxygens (including phenoxy) is 2. The molecular weight excluding hydrogens is 404 g/mol. The average molecular weight is 441 g/mol. The molecule has 1 amide bonds. The van der Waals surface area contributed by atoms with Crippen LogP contribution in [0.5, 0.6) is 0 Å². The van der Waals surface area contributed by atoms with Crippen LogP contribution in [-0.2, 0) is 32.6 Å². The van der Waals surface area contributed by atoms with Crippen LogP contribution in [0.25, 0.3) is 0 Å². The first-order valence-corrected chi connectivity index (χ1v) is 11.9. The molecule has 32 heavy (non-hydrogen) atoms. The van der Waals surface area contributed by atoms with Gasteiger partial charge in [0.05, 0.1) is 31.9 Å². The van der Waals surface area contributed by atoms with Crippen LogP contribution in [0.1, 0.15) is 61.8 Å². The minimum absolute atomic E-state index is 0.0594. The number of nitrogens with zero attached hydrogens (tertiary/aromatic N) is 1. The van der Waals surface area contributed by atoms with Gasteiger partial charge in [-0.25, -0.2) is 0 Å². The fourth-order valence-electron chi connectivity index (χ4n) is 5.38. The second-order valence-electron chi connectivity index (χ2n) is 8.92. The molecule has 0 saturated carbocycles. The van der Waals surface area contributed by atoms with Gasteiger partial charge in [-0.05, 0) is 49.2 Å². The van der Waals surface area contributed by atoms with E-state index in [1.807, 2.05) is 6.92 Å². The molecule has 6 heteroatoms. The summed E-state index contributed by atoms with van der Waals surface area (Å²) < 4.78 is 17.7. The number of carbonyl (C=O) groups excluding carboxylic acids is 1. The molecule has 1 saturated heterocycles. The number of fused-ring (bicyclic) bond motifs is 2. The number of hydrogen-bond acceptors (Lipinski definition) is 5. The fourth-order valence-corrected chi connectivity index (χ4v) is 5.38. The highest BCUT2D eigenvalue weighted by Gasteiger charge is 2.54. The number of methoxy groups -OCH3 is 1. The quantitative estimate of drug-likeness (QED) is 0.598. The molecular formula is C26H36N2O4. The van der Waals surface area contributed by atoms with Gasteiger partial charge in [0.15, 0.2) is 0 Å². The molecule has 2 aliphatic rings. The van der Waals surface area contributed by atoms with Crippen molar-refractivity contribution in [2.45, 2.75) is 63.6 Å². The Kier molecular flexibility index (Phi) is 7.33. The third-order valence-electron chi connectivity index (χ3n) is 7.10. The van der Waals surface area contributed by atoms with E-state index in [2.05, 4.69) is 53.5 Å². The first kappa shape index (κ1) is 23.0. The van der Waals surface area contributed by atoms with Crippen molar-refractivity contribution in [1.82, 2.24) is 10.2 Å². The zero-order valence-corrected chi connectivity index (χ0v) is 19.6. The maximum atomic E-state index is 12.4. The van der Waals surface area contributed by atoms with Gasteiger partial charge < -0.3 is 19.2 Å². The Morgan fingerprint density at radius 3 is 2.56 bits per heavy atom. The Labute approximate surface area is 191 Å². The second-order valence-corrected chi connectivity index (χ2v) is 8.92. The second kappa shape index (κ2) is 10.2. The van der Waals surface area contributed by atoms with Gasteiger partial charge in [0.25, 0.3) is 0 Å². The first-order valence-electron chi connectivity index (χ1n) is 11.9. The lowest BCUT2D eigenvalue weighted by Crippen LogP contribution is -2.51. The molecule has 1 fully saturated rings. The average Bonchev–Trinajstić information content (AvgIpc) is 3.37. The summed E-state index contributed by atoms with van der Waals surface area (Å²) in [5.74, 6) is 2.13. The van der Waals surface area contributed by atoms with Gasteiger partial charge in [0.1, 0.15) is 11.5 Å². The molecule has 1 spiro atoms. The maximum absolute atomic E-state index is 12.4. The van der Waals surface area contributed by atoms with Crippen LogP contribution < -0.4 is 5.32 Å². The number of rotatable bonds is 9. The summed E-state index contributed by atoms with van der Waals surface area (Å²) in [5, 5.41) is 3.26. The molecule has 0 radical (unpaired) electrons. The normalized spacial score (nSPS) is 22.2. The largest absolute Gasteiger partial charge is 0.465 e. The number of piperidine rings is 1. The van der Waals surface area contributed by atoms with E-state index in [4.69, 9.17) is 13.9 Å². The molecule has 2 aromatic rings. The molecule has 6 nitrogen and oxygen atoms in total. The summed E-state index contributed by atoms with van der Waals surface area (Å²) in [5.41, 5.74) is 2.42. The highest BCUT2D eigenvalue weighted by molar-refractivity contribution is 5.76. The van der Waals surface area contributed by atoms with Gasteiger partial charge in [0, 0.05) is 25.4 Å². The van der Waals surface area contributed by atoms with Gasteiger partial charge in [-0.15, -0.1) is 0 Å². The highest BCUT2D eigenvalue weighted by Crippen LogP contribution is 2.52. The minimum Gasteiger partial charge on any atom is -0.465 e. The number of hydrogen-bond donors (Lipinski definition) is 1. The van der Waals surface area contributed by atoms with Crippen LogP contribution in [0.4, 0.5) is 0 Å². The number of amides is 1. The van der Waals surface area contributed by atoms with E-state index in [1.165, 1.54) is 11.1 Å². The van der Waals surface area contributed by atoms with Gasteiger partial charge in [0.2, 0.25) is 5.91 Å². The van der Waals surface area contributed by atoms with Gasteiger partial charge in [-0.2, -0.15) is 0 Å². The monoisotopic (exact) mass is 440 g/mol. The van der Waals surface area contributed by atoms with Crippen molar-refractivity contribution >= 4 is 5.91 Å². The lowest BCUT2D eigenvalue weighted by Gasteiger charge is -2.44. The molecule has 1 N–H and O–H groups in total. The molecule has 1 aromatic carbocycles. The van der Waals surface area contributed by atoms with Crippen LogP contribution in [-0.4, -0.2) is 50.3 Å². The van der Waals surface area contributed by atoms with Crippen molar-refractivity contribution in [2.75, 3.05) is 33.4 Å². The van der Waals surface area contributed by atoms with Crippen molar-refractivity contribution in [3.05, 3.63) is 59.0 Å². The third kappa shape index (κ3) is 4.49. The SMILES string of the molecule is CCC(=O)N[C@H]1c2ccccc2C2(CCN(Cc3ccc(CC)o3)CC2)[C@@H]1OCCOC. The van der Waals surface area contributed by atoms with E-state index in [0.717, 1.165) is 50.4 Å². The standard InChI is InChI=1S/C26H36N2O4/c1-4-19-10-11-20(32-19)18-28-14-12-26(13-15-28)22-9-7-6-8-21(22)24(27-23(29)5-2)25(26)31-17-16-30-3/h6-11,24-25H,4-5,12-18H2,1-3H3,(H,27,29)/t24-,25+/m0/s1. The Hall–Kier alpha value is -2.15. The Balaban J connectivity index is 1.56. The minimum atomic E-state index is -0.126. The number of nitrogens with one attached hydrogen (secondary N) is 1. The summed E-state index contributed by atoms with van der Waals surface area (Å²) in [6.07, 6.45) is 3.27. The van der Waals surface area contributed by atoms with Crippen LogP contribution >= 0.6 is 0 Å². The molecule has 174 valence electrons. The number of likely N-dealkylation sites (tertiary alicyclic amines) is 1. The Bertz CT molecular complexity index is 901. The van der Waals surface area contributed by atoms with Gasteiger partial charge >= 0.3 is 0 Å². The van der Waals surface area contributed by atoms with Crippen LogP contribution in [0, 0.1) is 0 Å². The smallest absolute Gasteiger partial charge is 0.220 e. The summed E-state index contributed by atoms with van der Waals surface area (Å²) >= 11 is 0. The number of carbonyl (C=O) groups is 1. The number of furan rings is 1. The van der Waals surface area contributed by atoms with E-state index in [9.17, 15) is 4.79 Å². The zero-order valence-electron chi connectivity index (χ0n) is 19.6. The fraction of sp³-hybridized carbons (Fsp3) is 0.577. The molecule has 4 rings (SSSR count). The van der Waals surface area contributed by atoms with Crippen molar-refractivity contribution in [3.63, 3.8) is 0 Å². The third-order valence-corrected chi connectivity index (χ3v) is 7.10. The molecule has 1 aliphatic heterocycles. The lowest BCUT2D eigenvalue weighted by molar-refractivity contribution is -0.124. The number of aryl methyl sites for hydroxylation is 1. The van der Waals surface area contributed by atoms with Crippen molar-refractivity contribution < 1.29 is 18.7 Å². The molecule has 0 bridgehead atoms. The van der Waals surface area contributed by atoms with E-state index < -0.39 is 0 Å². The van der Waals surface area contributed by atoms with E-state index >= 15 is 0 Å². The molecule has 1 aromatic heterocycles. The van der Waals surface area contributed by atoms with E-state index in [-0.39, 0.29) is 23.5 Å². The van der Waals surface area contributed by atoms with Crippen LogP contribution in [0.3, 0.4) is 0 Å². The maximum Gasteiger partial charge on any atom is 0.220 e. The molecule has 0 unspecified atom stereocenters. The number of benzene rings is 1. The predicted molar refractivity (Wildman–Crippen MR) is 124 cm³/mol. The van der Waals surface area contributed by atoms with Crippen LogP contribution in [0.2, 0.25) is 0 Å². The summed E-state index contributed by atoms with van der Waals surface area (Å²) in [7, 11) is 1.69. The van der Waals surface area contributed by atoms with Crippen molar-refractivity contribution in [1.29, 1.82) is 0 Å². The topological polar surface area (TPSA) is 63.9 Å². The summed E-state index contributed by atoms with van der Waals surface area (Å²) in [4.78, 5) is 14.9. The predicted octanol–water partition coefficient (Wildman–Crippen LogP) is 3.99. The Morgan fingerprint density at radius 2 is 1.88 bits per heavy atom. The zero-order chi connectivity index (χ0) is 22.6. The van der Waals surface area contributed by atoms with Crippen LogP contribution in [0.15, 0.2) is 40.8 Å². The van der Waals surface area contributed by atoms with Crippen molar-refractivity contribution in [2.24, 2.45) is 0 Å². The lowest BCUT2D eigenvalue weighted by atomic mass is 9.71. The molecule has 2 atom stereocenters. The van der Waals surface area contributed by atoms with E-state index in [0.29, 0.717) is 19.6 Å². The van der Waals surface area contributed by atoms with E-state index in [1.54, 1.807) is 7.11 Å².